The van der Waals surface area contributed by atoms with Crippen LogP contribution in [0.4, 0.5) is 0 Å². The number of nitrogens with one attached hydrogen (secondary N) is 1. The fourth-order valence-corrected chi connectivity index (χ4v) is 14.7. The molecule has 0 radical (unpaired) electrons. The van der Waals surface area contributed by atoms with Gasteiger partial charge in [0.15, 0.2) is 0 Å². The van der Waals surface area contributed by atoms with E-state index in [4.69, 9.17) is 4.74 Å². The van der Waals surface area contributed by atoms with Crippen LogP contribution < -0.4 is 5.32 Å². The van der Waals surface area contributed by atoms with Gasteiger partial charge >= 0.3 is 5.97 Å². The van der Waals surface area contributed by atoms with Crippen LogP contribution in [0.5, 0.6) is 0 Å². The summed E-state index contributed by atoms with van der Waals surface area (Å²) in [4.78, 5) is 24.7. The first-order valence-corrected chi connectivity index (χ1v) is 45.7. The lowest BCUT2D eigenvalue weighted by atomic mass is 10.0. The molecule has 2 atom stereocenters. The van der Waals surface area contributed by atoms with Crippen LogP contribution in [0, 0.1) is 0 Å². The molecule has 2 unspecified atom stereocenters. The number of amides is 1. The van der Waals surface area contributed by atoms with E-state index in [0.717, 1.165) is 51.4 Å². The summed E-state index contributed by atoms with van der Waals surface area (Å²) < 4.78 is 5.52. The van der Waals surface area contributed by atoms with Crippen LogP contribution in [0.15, 0.2) is 36.5 Å². The molecule has 3 N–H and O–H groups in total. The Morgan fingerprint density at radius 3 is 0.778 bits per heavy atom. The zero-order valence-corrected chi connectivity index (χ0v) is 67.5. The summed E-state index contributed by atoms with van der Waals surface area (Å²) in [7, 11) is 0. The second-order valence-electron chi connectivity index (χ2n) is 31.6. The van der Waals surface area contributed by atoms with Gasteiger partial charge in [-0.1, -0.05) is 461 Å². The lowest BCUT2D eigenvalue weighted by molar-refractivity contribution is -0.143. The van der Waals surface area contributed by atoms with Gasteiger partial charge in [-0.3, -0.25) is 9.59 Å². The standard InChI is InChI=1S/C93H179NO5/c1-3-5-7-9-11-13-15-17-19-21-23-24-25-41-44-47-50-53-57-61-65-69-73-77-81-85-91(96)90(89-95)94-92(97)86-82-78-74-70-66-62-58-54-51-48-45-42-39-37-35-33-31-29-27-26-28-30-32-34-36-38-40-43-46-49-52-56-60-64-68-72-76-80-84-88-99-93(98)87-83-79-75-71-67-63-59-55-22-20-18-16-14-12-10-8-6-4-2/h20,22,26-27,30,32,90-91,95-96H,3-19,21,23-25,28-29,31,33-89H2,1-2H3,(H,94,97)/b22-20-,27-26-,32-30-. The lowest BCUT2D eigenvalue weighted by Gasteiger charge is -2.22. The highest BCUT2D eigenvalue weighted by Gasteiger charge is 2.20. The van der Waals surface area contributed by atoms with E-state index in [0.29, 0.717) is 25.9 Å². The van der Waals surface area contributed by atoms with Crippen LogP contribution in [-0.2, 0) is 14.3 Å². The first-order chi connectivity index (χ1) is 49.0. The Labute approximate surface area is 621 Å². The molecule has 99 heavy (non-hydrogen) atoms. The summed E-state index contributed by atoms with van der Waals surface area (Å²) in [5.41, 5.74) is 0. The molecule has 0 aliphatic heterocycles. The molecule has 0 saturated heterocycles. The first kappa shape index (κ1) is 97.1. The third kappa shape index (κ3) is 84.9. The van der Waals surface area contributed by atoms with Crippen molar-refractivity contribution in [3.05, 3.63) is 36.5 Å². The number of aliphatic hydroxyl groups is 2. The van der Waals surface area contributed by atoms with Crippen LogP contribution in [0.25, 0.3) is 0 Å². The second kappa shape index (κ2) is 88.5. The van der Waals surface area contributed by atoms with Crippen molar-refractivity contribution in [1.29, 1.82) is 0 Å². The SMILES string of the molecule is CCCCCCCCC/C=C\CCCCCCCCCC(=O)OCCCCCCCCCCCCCCCCC/C=C\C/C=C\CCCCCCCCCCCCCCCCCCCC(=O)NC(CO)C(O)CCCCCCCCCCCCCCCCCCCCCCCCCCC. The third-order valence-electron chi connectivity index (χ3n) is 21.7. The number of unbranched alkanes of at least 4 members (excludes halogenated alkanes) is 70. The molecule has 0 rings (SSSR count). The largest absolute Gasteiger partial charge is 0.466 e. The molecule has 6 heteroatoms. The molecule has 0 aromatic carbocycles. The number of allylic oxidation sites excluding steroid dienone is 6. The number of aliphatic hydroxyl groups excluding tert-OH is 2. The van der Waals surface area contributed by atoms with E-state index in [1.54, 1.807) is 0 Å². The summed E-state index contributed by atoms with van der Waals surface area (Å²) in [6.07, 6.45) is 117. The van der Waals surface area contributed by atoms with Gasteiger partial charge in [0.25, 0.3) is 0 Å². The molecule has 586 valence electrons. The molecule has 0 aliphatic carbocycles. The molecule has 0 aliphatic rings. The maximum atomic E-state index is 12.6. The van der Waals surface area contributed by atoms with E-state index in [2.05, 4.69) is 55.6 Å². The molecular weight excluding hydrogens is 1210 g/mol. The third-order valence-corrected chi connectivity index (χ3v) is 21.7. The van der Waals surface area contributed by atoms with E-state index in [9.17, 15) is 19.8 Å². The van der Waals surface area contributed by atoms with Gasteiger partial charge in [0, 0.05) is 12.8 Å². The normalized spacial score (nSPS) is 12.6. The fourth-order valence-electron chi connectivity index (χ4n) is 14.7. The number of hydrogen-bond acceptors (Lipinski definition) is 5. The van der Waals surface area contributed by atoms with Gasteiger partial charge in [-0.2, -0.15) is 0 Å². The number of hydrogen-bond donors (Lipinski definition) is 3. The van der Waals surface area contributed by atoms with Crippen molar-refractivity contribution in [2.45, 2.75) is 533 Å². The molecule has 0 bridgehead atoms. The molecule has 0 aromatic rings. The number of rotatable bonds is 87. The lowest BCUT2D eigenvalue weighted by Crippen LogP contribution is -2.45. The Morgan fingerprint density at radius 2 is 0.505 bits per heavy atom. The number of carbonyl (C=O) groups is 2. The number of ether oxygens (including phenoxy) is 1. The van der Waals surface area contributed by atoms with Crippen LogP contribution in [0.1, 0.15) is 521 Å². The van der Waals surface area contributed by atoms with Crippen LogP contribution in [-0.4, -0.2) is 47.4 Å². The van der Waals surface area contributed by atoms with E-state index in [1.165, 1.54) is 437 Å². The van der Waals surface area contributed by atoms with Gasteiger partial charge < -0.3 is 20.3 Å². The monoisotopic (exact) mass is 1390 g/mol. The fraction of sp³-hybridized carbons (Fsp3) is 0.914. The predicted molar refractivity (Wildman–Crippen MR) is 439 cm³/mol. The average molecular weight is 1390 g/mol. The molecule has 0 spiro atoms. The predicted octanol–water partition coefficient (Wildman–Crippen LogP) is 30.9. The maximum absolute atomic E-state index is 12.6. The highest BCUT2D eigenvalue weighted by Crippen LogP contribution is 2.21. The quantitative estimate of drug-likeness (QED) is 0.0320. The molecule has 0 aromatic heterocycles. The second-order valence-corrected chi connectivity index (χ2v) is 31.6. The smallest absolute Gasteiger partial charge is 0.305 e. The maximum Gasteiger partial charge on any atom is 0.305 e. The Kier molecular flexibility index (Phi) is 86.8. The highest BCUT2D eigenvalue weighted by molar-refractivity contribution is 5.76. The van der Waals surface area contributed by atoms with Gasteiger partial charge in [0.1, 0.15) is 0 Å². The Hall–Kier alpha value is -1.92. The summed E-state index contributed by atoms with van der Waals surface area (Å²) >= 11 is 0. The summed E-state index contributed by atoms with van der Waals surface area (Å²) in [5, 5.41) is 23.5. The summed E-state index contributed by atoms with van der Waals surface area (Å²) in [5.74, 6) is -0.00694. The first-order valence-electron chi connectivity index (χ1n) is 45.7. The van der Waals surface area contributed by atoms with Crippen molar-refractivity contribution in [3.63, 3.8) is 0 Å². The van der Waals surface area contributed by atoms with Crippen LogP contribution in [0.2, 0.25) is 0 Å². The average Bonchev–Trinajstić information content (AvgIpc) is 2.05. The minimum Gasteiger partial charge on any atom is -0.466 e. The van der Waals surface area contributed by atoms with Gasteiger partial charge in [-0.25, -0.2) is 0 Å². The summed E-state index contributed by atoms with van der Waals surface area (Å²) in [6, 6.07) is -0.541. The van der Waals surface area contributed by atoms with Crippen molar-refractivity contribution in [2.24, 2.45) is 0 Å². The molecule has 6 nitrogen and oxygen atoms in total. The Morgan fingerprint density at radius 1 is 0.283 bits per heavy atom. The molecule has 0 saturated carbocycles. The van der Waals surface area contributed by atoms with E-state index < -0.39 is 12.1 Å². The zero-order valence-electron chi connectivity index (χ0n) is 67.5. The van der Waals surface area contributed by atoms with Crippen molar-refractivity contribution in [1.82, 2.24) is 5.32 Å². The van der Waals surface area contributed by atoms with Crippen molar-refractivity contribution in [2.75, 3.05) is 13.2 Å². The van der Waals surface area contributed by atoms with Gasteiger partial charge in [-0.05, 0) is 83.5 Å². The number of carbonyl (C=O) groups excluding carboxylic acids is 2. The van der Waals surface area contributed by atoms with Crippen molar-refractivity contribution in [3.8, 4) is 0 Å². The van der Waals surface area contributed by atoms with Crippen LogP contribution in [0.3, 0.4) is 0 Å². The minimum atomic E-state index is -0.664. The highest BCUT2D eigenvalue weighted by atomic mass is 16.5. The number of esters is 1. The topological polar surface area (TPSA) is 95.9 Å². The van der Waals surface area contributed by atoms with Crippen molar-refractivity contribution < 1.29 is 24.5 Å². The minimum absolute atomic E-state index is 0.0186. The Balaban J connectivity index is 3.35. The van der Waals surface area contributed by atoms with Gasteiger partial charge in [0.05, 0.1) is 25.4 Å². The summed E-state index contributed by atoms with van der Waals surface area (Å²) in [6.45, 7) is 5.01. The molecular formula is C93H179NO5. The van der Waals surface area contributed by atoms with Crippen molar-refractivity contribution >= 4 is 11.9 Å². The molecule has 0 fully saturated rings. The molecule has 0 heterocycles. The zero-order chi connectivity index (χ0) is 71.2. The molecule has 1 amide bonds. The van der Waals surface area contributed by atoms with E-state index in [-0.39, 0.29) is 18.5 Å². The van der Waals surface area contributed by atoms with E-state index >= 15 is 0 Å². The Bertz CT molecular complexity index is 1610. The van der Waals surface area contributed by atoms with Gasteiger partial charge in [0.2, 0.25) is 5.91 Å². The van der Waals surface area contributed by atoms with Gasteiger partial charge in [-0.15, -0.1) is 0 Å². The van der Waals surface area contributed by atoms with Crippen LogP contribution >= 0.6 is 0 Å². The van der Waals surface area contributed by atoms with E-state index in [1.807, 2.05) is 0 Å².